The first kappa shape index (κ1) is 21.1. The Labute approximate surface area is 187 Å². The molecule has 3 fully saturated rings. The second-order valence-corrected chi connectivity index (χ2v) is 9.12. The summed E-state index contributed by atoms with van der Waals surface area (Å²) in [5.41, 5.74) is 9.70. The average Bonchev–Trinajstić information content (AvgIpc) is 3.46. The molecule has 5 rings (SSSR count). The predicted octanol–water partition coefficient (Wildman–Crippen LogP) is 1.93. The van der Waals surface area contributed by atoms with Gasteiger partial charge in [-0.15, -0.1) is 0 Å². The van der Waals surface area contributed by atoms with Crippen molar-refractivity contribution in [1.29, 1.82) is 5.26 Å². The third kappa shape index (κ3) is 4.13. The lowest BCUT2D eigenvalue weighted by atomic mass is 9.77. The highest BCUT2D eigenvalue weighted by molar-refractivity contribution is 5.93. The van der Waals surface area contributed by atoms with Crippen molar-refractivity contribution in [3.05, 3.63) is 47.0 Å². The minimum absolute atomic E-state index is 0.0929. The first-order valence-corrected chi connectivity index (χ1v) is 11.4. The first-order chi connectivity index (χ1) is 15.6. The van der Waals surface area contributed by atoms with E-state index < -0.39 is 0 Å². The number of nitrogens with zero attached hydrogens (tertiary/aromatic N) is 4. The molecule has 168 valence electrons. The molecule has 0 spiro atoms. The number of hydrogen-bond acceptors (Lipinski definition) is 7. The van der Waals surface area contributed by atoms with Gasteiger partial charge in [0, 0.05) is 43.3 Å². The number of aromatic nitrogens is 3. The van der Waals surface area contributed by atoms with Gasteiger partial charge in [0.25, 0.3) is 5.91 Å². The van der Waals surface area contributed by atoms with Gasteiger partial charge in [-0.25, -0.2) is 10.4 Å². The van der Waals surface area contributed by atoms with E-state index in [2.05, 4.69) is 43.2 Å². The van der Waals surface area contributed by atoms with E-state index in [1.54, 1.807) is 6.07 Å². The molecule has 3 N–H and O–H groups in total. The number of carbonyl (C=O) groups excluding carboxylic acids is 1. The highest BCUT2D eigenvalue weighted by Crippen LogP contribution is 2.38. The van der Waals surface area contributed by atoms with Gasteiger partial charge < -0.3 is 10.1 Å². The van der Waals surface area contributed by atoms with Crippen LogP contribution in [0.1, 0.15) is 71.4 Å². The fourth-order valence-corrected chi connectivity index (χ4v) is 5.31. The molecule has 2 saturated heterocycles. The lowest BCUT2D eigenvalue weighted by Crippen LogP contribution is -2.44. The van der Waals surface area contributed by atoms with Crippen molar-refractivity contribution in [1.82, 2.24) is 30.9 Å². The Morgan fingerprint density at radius 2 is 2.09 bits per heavy atom. The van der Waals surface area contributed by atoms with Gasteiger partial charge in [-0.2, -0.15) is 10.4 Å². The van der Waals surface area contributed by atoms with Crippen LogP contribution in [-0.2, 0) is 4.74 Å². The van der Waals surface area contributed by atoms with Crippen LogP contribution in [0.5, 0.6) is 0 Å². The summed E-state index contributed by atoms with van der Waals surface area (Å²) < 4.78 is 7.57. The average molecular weight is 436 g/mol. The molecule has 1 saturated carbocycles. The van der Waals surface area contributed by atoms with Gasteiger partial charge in [0.1, 0.15) is 11.8 Å². The summed E-state index contributed by atoms with van der Waals surface area (Å²) in [6.45, 7) is 3.40. The third-order valence-electron chi connectivity index (χ3n) is 7.06. The zero-order chi connectivity index (χ0) is 22.1. The summed E-state index contributed by atoms with van der Waals surface area (Å²) in [5.74, 6) is 0.203. The third-order valence-corrected chi connectivity index (χ3v) is 7.06. The molecule has 1 aliphatic carbocycles. The van der Waals surface area contributed by atoms with Crippen LogP contribution in [0.15, 0.2) is 24.7 Å². The highest BCUT2D eigenvalue weighted by atomic mass is 16.5. The van der Waals surface area contributed by atoms with Crippen LogP contribution < -0.4 is 16.2 Å². The van der Waals surface area contributed by atoms with E-state index in [4.69, 9.17) is 10.00 Å². The number of nitrogens with one attached hydrogen (secondary N) is 3. The van der Waals surface area contributed by atoms with Gasteiger partial charge in [-0.3, -0.25) is 14.9 Å². The Hall–Kier alpha value is -2.80. The molecule has 2 aliphatic heterocycles. The Balaban J connectivity index is 1.25. The lowest BCUT2D eigenvalue weighted by Gasteiger charge is -2.33. The molecule has 4 heterocycles. The summed E-state index contributed by atoms with van der Waals surface area (Å²) in [5, 5.41) is 16.8. The summed E-state index contributed by atoms with van der Waals surface area (Å²) >= 11 is 0. The van der Waals surface area contributed by atoms with Crippen molar-refractivity contribution in [2.45, 2.75) is 63.2 Å². The Bertz CT molecular complexity index is 1020. The first-order valence-electron chi connectivity index (χ1n) is 11.4. The molecule has 0 aromatic carbocycles. The van der Waals surface area contributed by atoms with Crippen LogP contribution in [0.4, 0.5) is 0 Å². The van der Waals surface area contributed by atoms with Crippen molar-refractivity contribution >= 4 is 5.91 Å². The molecule has 9 heteroatoms. The van der Waals surface area contributed by atoms with Crippen molar-refractivity contribution in [2.75, 3.05) is 13.2 Å². The number of amides is 1. The molecular weight excluding hydrogens is 406 g/mol. The van der Waals surface area contributed by atoms with Crippen molar-refractivity contribution in [3.63, 3.8) is 0 Å². The number of ether oxygens (including phenoxy) is 1. The van der Waals surface area contributed by atoms with Gasteiger partial charge >= 0.3 is 0 Å². The fourth-order valence-electron chi connectivity index (χ4n) is 5.31. The Morgan fingerprint density at radius 1 is 1.25 bits per heavy atom. The van der Waals surface area contributed by atoms with E-state index in [-0.39, 0.29) is 18.0 Å². The second-order valence-electron chi connectivity index (χ2n) is 9.12. The van der Waals surface area contributed by atoms with Gasteiger partial charge in [0.05, 0.1) is 23.8 Å². The maximum absolute atomic E-state index is 12.8. The van der Waals surface area contributed by atoms with E-state index >= 15 is 0 Å². The Kier molecular flexibility index (Phi) is 5.91. The fraction of sp³-hybridized carbons (Fsp3) is 0.565. The zero-order valence-corrected chi connectivity index (χ0v) is 18.3. The highest BCUT2D eigenvalue weighted by Gasteiger charge is 2.42. The zero-order valence-electron chi connectivity index (χ0n) is 18.3. The molecule has 0 bridgehead atoms. The van der Waals surface area contributed by atoms with Crippen LogP contribution in [0.2, 0.25) is 0 Å². The molecule has 2 aromatic heterocycles. The number of rotatable bonds is 4. The molecular formula is C23H29N7O2. The molecule has 0 radical (unpaired) electrons. The van der Waals surface area contributed by atoms with Gasteiger partial charge in [-0.05, 0) is 56.6 Å². The Morgan fingerprint density at radius 3 is 2.88 bits per heavy atom. The monoisotopic (exact) mass is 435 g/mol. The summed E-state index contributed by atoms with van der Waals surface area (Å²) in [7, 11) is 0. The van der Waals surface area contributed by atoms with Crippen molar-refractivity contribution in [3.8, 4) is 6.07 Å². The predicted molar refractivity (Wildman–Crippen MR) is 116 cm³/mol. The van der Waals surface area contributed by atoms with E-state index in [0.717, 1.165) is 50.9 Å². The largest absolute Gasteiger partial charge is 0.381 e. The number of nitriles is 1. The van der Waals surface area contributed by atoms with E-state index in [9.17, 15) is 4.79 Å². The number of fused-ring (bicyclic) bond motifs is 1. The number of pyridine rings is 1. The molecule has 32 heavy (non-hydrogen) atoms. The van der Waals surface area contributed by atoms with E-state index in [1.165, 1.54) is 11.8 Å². The van der Waals surface area contributed by atoms with Gasteiger partial charge in [0.15, 0.2) is 0 Å². The molecule has 9 nitrogen and oxygen atoms in total. The van der Waals surface area contributed by atoms with Crippen LogP contribution in [0.25, 0.3) is 0 Å². The lowest BCUT2D eigenvalue weighted by molar-refractivity contribution is 0.0662. The standard InChI is InChI=1S/C23H29N7O2/c1-14-8-15(10-24)11-25-21(14)23(31)27-17-2-3-20-19(9-17)22(29-28-20)16-12-26-30(13-16)18-4-6-32-7-5-18/h8,11-13,17-20,22,28-29H,2-7,9H2,1H3,(H,27,31). The molecule has 3 aliphatic rings. The maximum atomic E-state index is 12.8. The molecule has 1 amide bonds. The summed E-state index contributed by atoms with van der Waals surface area (Å²) in [6, 6.07) is 4.82. The summed E-state index contributed by atoms with van der Waals surface area (Å²) in [4.78, 5) is 17.1. The maximum Gasteiger partial charge on any atom is 0.270 e. The van der Waals surface area contributed by atoms with Crippen LogP contribution in [0.3, 0.4) is 0 Å². The number of aryl methyl sites for hydroxylation is 1. The van der Waals surface area contributed by atoms with Crippen LogP contribution in [0, 0.1) is 24.2 Å². The smallest absolute Gasteiger partial charge is 0.270 e. The topological polar surface area (TPSA) is 117 Å². The molecule has 4 unspecified atom stereocenters. The van der Waals surface area contributed by atoms with Gasteiger partial charge in [-0.1, -0.05) is 0 Å². The SMILES string of the molecule is Cc1cc(C#N)cnc1C(=O)NC1CCC2NNC(c3cnn(C4CCOCC4)c3)C2C1. The second kappa shape index (κ2) is 8.98. The summed E-state index contributed by atoms with van der Waals surface area (Å²) in [6.07, 6.45) is 10.4. The molecule has 4 atom stereocenters. The van der Waals surface area contributed by atoms with E-state index in [1.807, 2.05) is 13.1 Å². The number of hydrazine groups is 1. The quantitative estimate of drug-likeness (QED) is 0.672. The van der Waals surface area contributed by atoms with Crippen molar-refractivity contribution in [2.24, 2.45) is 5.92 Å². The number of hydrogen-bond donors (Lipinski definition) is 3. The van der Waals surface area contributed by atoms with Crippen LogP contribution in [-0.4, -0.2) is 46.0 Å². The minimum Gasteiger partial charge on any atom is -0.381 e. The number of carbonyl (C=O) groups is 1. The van der Waals surface area contributed by atoms with Gasteiger partial charge in [0.2, 0.25) is 0 Å². The minimum atomic E-state index is -0.168. The molecule has 2 aromatic rings. The van der Waals surface area contributed by atoms with Crippen LogP contribution >= 0.6 is 0 Å². The normalized spacial score (nSPS) is 28.1. The van der Waals surface area contributed by atoms with E-state index in [0.29, 0.717) is 29.3 Å². The van der Waals surface area contributed by atoms with Crippen molar-refractivity contribution < 1.29 is 9.53 Å².